The lowest BCUT2D eigenvalue weighted by atomic mass is 9.51. The normalized spacial score (nSPS) is 45.2. The summed E-state index contributed by atoms with van der Waals surface area (Å²) in [7, 11) is 0. The predicted molar refractivity (Wildman–Crippen MR) is 136 cm³/mol. The number of carbonyl (C=O) groups excluding carboxylic acids is 3. The first-order chi connectivity index (χ1) is 17.1. The van der Waals surface area contributed by atoms with Crippen LogP contribution in [0.5, 0.6) is 0 Å². The van der Waals surface area contributed by atoms with Crippen LogP contribution >= 0.6 is 0 Å². The maximum atomic E-state index is 14.2. The molecule has 1 aromatic rings. The summed E-state index contributed by atoms with van der Waals surface area (Å²) in [5.41, 5.74) is -0.245. The number of rotatable bonds is 3. The lowest BCUT2D eigenvalue weighted by Crippen LogP contribution is -2.60. The number of epoxide rings is 1. The number of fused-ring (bicyclic) bond motifs is 2. The Morgan fingerprint density at radius 1 is 1.11 bits per heavy atom. The van der Waals surface area contributed by atoms with Crippen LogP contribution < -0.4 is 5.32 Å². The minimum atomic E-state index is -1.03. The second-order valence-corrected chi connectivity index (χ2v) is 11.4. The van der Waals surface area contributed by atoms with Crippen molar-refractivity contribution in [1.29, 1.82) is 0 Å². The summed E-state index contributed by atoms with van der Waals surface area (Å²) in [5.74, 6) is -1.27. The van der Waals surface area contributed by atoms with E-state index in [1.165, 1.54) is 6.92 Å². The number of hydrogen-bond acceptors (Lipinski definition) is 5. The van der Waals surface area contributed by atoms with Gasteiger partial charge in [-0.25, -0.2) is 0 Å². The van der Waals surface area contributed by atoms with E-state index >= 15 is 0 Å². The van der Waals surface area contributed by atoms with Gasteiger partial charge in [-0.05, 0) is 37.3 Å². The second kappa shape index (κ2) is 8.98. The number of carbonyl (C=O) groups is 3. The van der Waals surface area contributed by atoms with Gasteiger partial charge in [0.25, 0.3) is 0 Å². The largest absolute Gasteiger partial charge is 0.457 e. The molecule has 0 bridgehead atoms. The molecule has 192 valence electrons. The highest BCUT2D eigenvalue weighted by Crippen LogP contribution is 2.67. The number of ketones is 1. The first-order valence-electron chi connectivity index (χ1n) is 13.2. The molecule has 1 amide bonds. The molecule has 2 aliphatic carbocycles. The Bertz CT molecular complexity index is 1110. The zero-order chi connectivity index (χ0) is 25.8. The van der Waals surface area contributed by atoms with Gasteiger partial charge < -0.3 is 14.8 Å². The van der Waals surface area contributed by atoms with Gasteiger partial charge >= 0.3 is 5.97 Å². The Kier molecular flexibility index (Phi) is 6.22. The number of nitrogens with one attached hydrogen (secondary N) is 1. The molecule has 1 saturated carbocycles. The zero-order valence-electron chi connectivity index (χ0n) is 21.8. The third-order valence-electron chi connectivity index (χ3n) is 9.31. The highest BCUT2D eigenvalue weighted by Gasteiger charge is 2.78. The molecule has 10 atom stereocenters. The molecular weight excluding hydrogens is 454 g/mol. The van der Waals surface area contributed by atoms with E-state index in [0.717, 1.165) is 5.56 Å². The van der Waals surface area contributed by atoms with E-state index in [4.69, 9.17) is 9.47 Å². The Morgan fingerprint density at radius 3 is 2.53 bits per heavy atom. The van der Waals surface area contributed by atoms with Crippen LogP contribution in [0, 0.1) is 35.0 Å². The van der Waals surface area contributed by atoms with E-state index in [2.05, 4.69) is 37.4 Å². The van der Waals surface area contributed by atoms with Crippen molar-refractivity contribution in [2.24, 2.45) is 35.0 Å². The van der Waals surface area contributed by atoms with Gasteiger partial charge in [0.2, 0.25) is 5.91 Å². The van der Waals surface area contributed by atoms with Gasteiger partial charge in [0.1, 0.15) is 17.3 Å². The van der Waals surface area contributed by atoms with E-state index < -0.39 is 17.5 Å². The van der Waals surface area contributed by atoms with Gasteiger partial charge in [0.15, 0.2) is 0 Å². The minimum Gasteiger partial charge on any atom is -0.457 e. The summed E-state index contributed by atoms with van der Waals surface area (Å²) in [6, 6.07) is 10.0. The fraction of sp³-hybridized carbons (Fsp3) is 0.567. The van der Waals surface area contributed by atoms with Crippen LogP contribution in [-0.2, 0) is 30.3 Å². The van der Waals surface area contributed by atoms with Crippen LogP contribution in [0.2, 0.25) is 0 Å². The summed E-state index contributed by atoms with van der Waals surface area (Å²) >= 11 is 0. The molecule has 2 saturated heterocycles. The van der Waals surface area contributed by atoms with Crippen molar-refractivity contribution >= 4 is 17.7 Å². The molecule has 2 heterocycles. The van der Waals surface area contributed by atoms with Crippen LogP contribution in [0.25, 0.3) is 0 Å². The van der Waals surface area contributed by atoms with Gasteiger partial charge in [-0.3, -0.25) is 14.4 Å². The maximum Gasteiger partial charge on any atom is 0.303 e. The number of Topliss-reactive ketones (excluding diaryl/α,β-unsaturated/α-hetero) is 1. The number of ether oxygens (including phenoxy) is 2. The van der Waals surface area contributed by atoms with Crippen LogP contribution in [-0.4, -0.2) is 41.5 Å². The van der Waals surface area contributed by atoms with Crippen LogP contribution in [0.15, 0.2) is 54.6 Å². The molecule has 36 heavy (non-hydrogen) atoms. The Hall–Kier alpha value is -2.73. The van der Waals surface area contributed by atoms with Gasteiger partial charge in [0, 0.05) is 36.6 Å². The lowest BCUT2D eigenvalue weighted by Gasteiger charge is -2.49. The first kappa shape index (κ1) is 24.9. The molecule has 1 spiro atoms. The lowest BCUT2D eigenvalue weighted by molar-refractivity contribution is -0.162. The summed E-state index contributed by atoms with van der Waals surface area (Å²) in [6.45, 7) is 9.49. The molecule has 0 radical (unpaired) electrons. The van der Waals surface area contributed by atoms with Gasteiger partial charge in [-0.2, -0.15) is 0 Å². The summed E-state index contributed by atoms with van der Waals surface area (Å²) < 4.78 is 12.4. The van der Waals surface area contributed by atoms with Crippen molar-refractivity contribution in [3.05, 3.63) is 60.2 Å². The van der Waals surface area contributed by atoms with E-state index in [-0.39, 0.29) is 59.0 Å². The molecule has 6 heteroatoms. The predicted octanol–water partition coefficient (Wildman–Crippen LogP) is 4.04. The summed E-state index contributed by atoms with van der Waals surface area (Å²) in [6.07, 6.45) is 8.05. The summed E-state index contributed by atoms with van der Waals surface area (Å²) in [4.78, 5) is 39.6. The SMILES string of the molecule is CC(=O)O[C@@H]1/C=C/[C@H](C)C(=O)[C@@H](C)C/C=C/[C@H]2[C@@H]3O[C@]3(C)[C@@H](C)[C@H]3[C@H](Cc4ccccc4)NC(=O)[C@@]312. The quantitative estimate of drug-likeness (QED) is 0.392. The smallest absolute Gasteiger partial charge is 0.303 e. The third kappa shape index (κ3) is 3.76. The molecule has 1 N–H and O–H groups in total. The van der Waals surface area contributed by atoms with Gasteiger partial charge in [-0.15, -0.1) is 0 Å². The molecule has 0 aromatic heterocycles. The topological polar surface area (TPSA) is 85.0 Å². The monoisotopic (exact) mass is 491 g/mol. The maximum absolute atomic E-state index is 14.2. The summed E-state index contributed by atoms with van der Waals surface area (Å²) in [5, 5.41) is 3.33. The van der Waals surface area contributed by atoms with E-state index in [9.17, 15) is 14.4 Å². The zero-order valence-corrected chi connectivity index (χ0v) is 21.8. The molecule has 1 aromatic carbocycles. The molecule has 2 aliphatic heterocycles. The average molecular weight is 492 g/mol. The Balaban J connectivity index is 1.68. The Morgan fingerprint density at radius 2 is 1.83 bits per heavy atom. The van der Waals surface area contributed by atoms with E-state index in [1.54, 1.807) is 6.08 Å². The molecule has 5 rings (SSSR count). The van der Waals surface area contributed by atoms with E-state index in [1.807, 2.05) is 44.2 Å². The van der Waals surface area contributed by atoms with Crippen molar-refractivity contribution in [2.45, 2.75) is 71.3 Å². The fourth-order valence-electron chi connectivity index (χ4n) is 7.29. The van der Waals surface area contributed by atoms with Gasteiger partial charge in [0.05, 0.1) is 11.7 Å². The van der Waals surface area contributed by atoms with Crippen molar-refractivity contribution in [1.82, 2.24) is 5.32 Å². The molecule has 6 nitrogen and oxygen atoms in total. The van der Waals surface area contributed by atoms with Crippen molar-refractivity contribution in [2.75, 3.05) is 0 Å². The number of hydrogen-bond donors (Lipinski definition) is 1. The first-order valence-corrected chi connectivity index (χ1v) is 13.2. The highest BCUT2D eigenvalue weighted by atomic mass is 16.6. The van der Waals surface area contributed by atoms with Crippen LogP contribution in [0.1, 0.15) is 46.6 Å². The molecule has 4 aliphatic rings. The molecular formula is C30H37NO5. The van der Waals surface area contributed by atoms with E-state index in [0.29, 0.717) is 12.8 Å². The number of amides is 1. The number of esters is 1. The van der Waals surface area contributed by atoms with Gasteiger partial charge in [-0.1, -0.05) is 69.3 Å². The van der Waals surface area contributed by atoms with Crippen molar-refractivity contribution in [3.8, 4) is 0 Å². The van der Waals surface area contributed by atoms with Crippen LogP contribution in [0.3, 0.4) is 0 Å². The third-order valence-corrected chi connectivity index (χ3v) is 9.31. The number of benzene rings is 1. The minimum absolute atomic E-state index is 0.0503. The van der Waals surface area contributed by atoms with Crippen LogP contribution in [0.4, 0.5) is 0 Å². The Labute approximate surface area is 213 Å². The van der Waals surface area contributed by atoms with Crippen molar-refractivity contribution < 1.29 is 23.9 Å². The average Bonchev–Trinajstić information content (AvgIpc) is 3.46. The number of allylic oxidation sites excluding steroid dienone is 2. The standard InChI is InChI=1S/C30H37NO5/c1-17-10-9-13-22-27-29(5,36-27)19(3)25-23(16-21-11-7-6-8-12-21)31-28(34)30(22,25)24(35-20(4)32)15-14-18(2)26(17)33/h6-9,11-15,17-19,22-25,27H,10,16H2,1-5H3,(H,31,34)/b13-9+,15-14+/t17-,18-,19-,22-,23-,24+,25-,27-,29+,30+/m0/s1. The van der Waals surface area contributed by atoms with Crippen molar-refractivity contribution in [3.63, 3.8) is 0 Å². The molecule has 0 unspecified atom stereocenters. The highest BCUT2D eigenvalue weighted by molar-refractivity contribution is 5.89. The fourth-order valence-corrected chi connectivity index (χ4v) is 7.29. The molecule has 3 fully saturated rings. The second-order valence-electron chi connectivity index (χ2n) is 11.4.